The van der Waals surface area contributed by atoms with Crippen molar-refractivity contribution in [3.05, 3.63) is 17.8 Å². The van der Waals surface area contributed by atoms with Crippen molar-refractivity contribution in [1.29, 1.82) is 0 Å². The number of pyridine rings is 1. The molecule has 1 saturated heterocycles. The van der Waals surface area contributed by atoms with Gasteiger partial charge in [-0.15, -0.1) is 0 Å². The maximum absolute atomic E-state index is 11.3. The lowest BCUT2D eigenvalue weighted by atomic mass is 10.1. The highest BCUT2D eigenvalue weighted by atomic mass is 16.2. The first kappa shape index (κ1) is 12.3. The Morgan fingerprint density at radius 3 is 2.84 bits per heavy atom. The molecule has 1 aromatic rings. The van der Waals surface area contributed by atoms with Gasteiger partial charge in [0.15, 0.2) is 0 Å². The van der Waals surface area contributed by atoms with Crippen molar-refractivity contribution in [3.8, 4) is 0 Å². The van der Waals surface area contributed by atoms with Crippen molar-refractivity contribution in [2.75, 3.05) is 42.9 Å². The Kier molecular flexibility index (Phi) is 3.27. The van der Waals surface area contributed by atoms with E-state index in [9.17, 15) is 4.79 Å². The van der Waals surface area contributed by atoms with Crippen LogP contribution in [0.3, 0.4) is 0 Å². The molecule has 19 heavy (non-hydrogen) atoms. The molecule has 1 fully saturated rings. The number of fused-ring (bicyclic) bond motifs is 1. The zero-order chi connectivity index (χ0) is 13.2. The summed E-state index contributed by atoms with van der Waals surface area (Å²) in [6, 6.07) is 2.20. The Morgan fingerprint density at radius 2 is 2.11 bits per heavy atom. The molecular formula is C14H20N4O. The van der Waals surface area contributed by atoms with Crippen LogP contribution in [0.5, 0.6) is 0 Å². The summed E-state index contributed by atoms with van der Waals surface area (Å²) < 4.78 is 0. The van der Waals surface area contributed by atoms with Crippen LogP contribution in [0.15, 0.2) is 12.3 Å². The first-order valence-electron chi connectivity index (χ1n) is 6.97. The minimum atomic E-state index is 0.169. The molecule has 2 aliphatic rings. The van der Waals surface area contributed by atoms with Crippen molar-refractivity contribution in [2.24, 2.45) is 0 Å². The average Bonchev–Trinajstić information content (AvgIpc) is 2.47. The number of hydrogen-bond acceptors (Lipinski definition) is 4. The molecule has 1 amide bonds. The van der Waals surface area contributed by atoms with Gasteiger partial charge in [-0.25, -0.2) is 4.98 Å². The van der Waals surface area contributed by atoms with Crippen LogP contribution in [-0.4, -0.2) is 48.5 Å². The second-order valence-corrected chi connectivity index (χ2v) is 5.22. The molecule has 2 aliphatic heterocycles. The van der Waals surface area contributed by atoms with E-state index in [1.165, 1.54) is 17.7 Å². The molecular weight excluding hydrogens is 240 g/mol. The van der Waals surface area contributed by atoms with Crippen LogP contribution in [0.25, 0.3) is 0 Å². The van der Waals surface area contributed by atoms with Gasteiger partial charge in [-0.2, -0.15) is 0 Å². The molecule has 0 bridgehead atoms. The molecule has 3 rings (SSSR count). The number of anilines is 2. The Balaban J connectivity index is 1.71. The van der Waals surface area contributed by atoms with Crippen LogP contribution in [0.1, 0.15) is 18.9 Å². The van der Waals surface area contributed by atoms with Crippen molar-refractivity contribution in [1.82, 2.24) is 9.88 Å². The van der Waals surface area contributed by atoms with E-state index >= 15 is 0 Å². The minimum absolute atomic E-state index is 0.169. The van der Waals surface area contributed by atoms with Gasteiger partial charge in [-0.3, -0.25) is 4.79 Å². The van der Waals surface area contributed by atoms with Gasteiger partial charge in [0.1, 0.15) is 5.82 Å². The number of rotatable bonds is 1. The van der Waals surface area contributed by atoms with Gasteiger partial charge in [0, 0.05) is 39.6 Å². The average molecular weight is 260 g/mol. The van der Waals surface area contributed by atoms with E-state index < -0.39 is 0 Å². The number of aryl methyl sites for hydroxylation is 1. The molecule has 3 heterocycles. The van der Waals surface area contributed by atoms with Gasteiger partial charge in [-0.05, 0) is 24.5 Å². The molecule has 0 spiro atoms. The van der Waals surface area contributed by atoms with E-state index in [-0.39, 0.29) is 5.91 Å². The number of amides is 1. The zero-order valence-corrected chi connectivity index (χ0v) is 11.4. The van der Waals surface area contributed by atoms with E-state index in [2.05, 4.69) is 21.3 Å². The summed E-state index contributed by atoms with van der Waals surface area (Å²) in [6.45, 7) is 6.03. The number of carbonyl (C=O) groups is 1. The van der Waals surface area contributed by atoms with Gasteiger partial charge < -0.3 is 15.1 Å². The Bertz CT molecular complexity index is 480. The van der Waals surface area contributed by atoms with Gasteiger partial charge in [0.2, 0.25) is 5.91 Å². The maximum Gasteiger partial charge on any atom is 0.219 e. The van der Waals surface area contributed by atoms with Crippen molar-refractivity contribution >= 4 is 17.4 Å². The molecule has 0 aliphatic carbocycles. The molecule has 0 saturated carbocycles. The van der Waals surface area contributed by atoms with E-state index in [0.717, 1.165) is 45.0 Å². The lowest BCUT2D eigenvalue weighted by Crippen LogP contribution is -2.48. The van der Waals surface area contributed by atoms with Crippen LogP contribution >= 0.6 is 0 Å². The lowest BCUT2D eigenvalue weighted by molar-refractivity contribution is -0.129. The number of aromatic nitrogens is 1. The number of nitrogens with zero attached hydrogens (tertiary/aromatic N) is 3. The molecule has 0 unspecified atom stereocenters. The fraction of sp³-hybridized carbons (Fsp3) is 0.571. The first-order valence-corrected chi connectivity index (χ1v) is 6.97. The van der Waals surface area contributed by atoms with E-state index in [4.69, 9.17) is 0 Å². The third-order valence-corrected chi connectivity index (χ3v) is 3.96. The molecule has 5 nitrogen and oxygen atoms in total. The monoisotopic (exact) mass is 260 g/mol. The summed E-state index contributed by atoms with van der Waals surface area (Å²) in [5, 5.41) is 3.38. The Hall–Kier alpha value is -1.78. The SMILES string of the molecule is CC(=O)N1CCN(c2cc3c(cn2)NCCC3)CC1. The third-order valence-electron chi connectivity index (χ3n) is 3.96. The molecule has 1 N–H and O–H groups in total. The van der Waals surface area contributed by atoms with Crippen molar-refractivity contribution < 1.29 is 4.79 Å². The summed E-state index contributed by atoms with van der Waals surface area (Å²) in [5.41, 5.74) is 2.54. The zero-order valence-electron chi connectivity index (χ0n) is 11.4. The fourth-order valence-corrected chi connectivity index (χ4v) is 2.78. The number of carbonyl (C=O) groups excluding carboxylic acids is 1. The van der Waals surface area contributed by atoms with Crippen molar-refractivity contribution in [2.45, 2.75) is 19.8 Å². The highest BCUT2D eigenvalue weighted by Crippen LogP contribution is 2.25. The normalized spacial score (nSPS) is 18.8. The van der Waals surface area contributed by atoms with Crippen molar-refractivity contribution in [3.63, 3.8) is 0 Å². The summed E-state index contributed by atoms with van der Waals surface area (Å²) in [5.74, 6) is 1.22. The third kappa shape index (κ3) is 2.50. The van der Waals surface area contributed by atoms with Gasteiger partial charge >= 0.3 is 0 Å². The smallest absolute Gasteiger partial charge is 0.219 e. The van der Waals surface area contributed by atoms with Crippen LogP contribution in [-0.2, 0) is 11.2 Å². The molecule has 0 aromatic carbocycles. The molecule has 1 aromatic heterocycles. The Labute approximate surface area is 113 Å². The van der Waals surface area contributed by atoms with Crippen LogP contribution < -0.4 is 10.2 Å². The second-order valence-electron chi connectivity index (χ2n) is 5.22. The number of piperazine rings is 1. The van der Waals surface area contributed by atoms with E-state index in [1.807, 2.05) is 11.1 Å². The predicted molar refractivity (Wildman–Crippen MR) is 75.5 cm³/mol. The molecule has 0 radical (unpaired) electrons. The fourth-order valence-electron chi connectivity index (χ4n) is 2.78. The largest absolute Gasteiger partial charge is 0.384 e. The summed E-state index contributed by atoms with van der Waals surface area (Å²) in [4.78, 5) is 20.0. The number of nitrogens with one attached hydrogen (secondary N) is 1. The number of hydrogen-bond donors (Lipinski definition) is 1. The van der Waals surface area contributed by atoms with Crippen LogP contribution in [0.4, 0.5) is 11.5 Å². The standard InChI is InChI=1S/C14H20N4O/c1-11(19)17-5-7-18(8-6-17)14-9-12-3-2-4-15-13(12)10-16-14/h9-10,15H,2-8H2,1H3. The first-order chi connectivity index (χ1) is 9.24. The predicted octanol–water partition coefficient (Wildman–Crippen LogP) is 1.11. The van der Waals surface area contributed by atoms with E-state index in [0.29, 0.717) is 0 Å². The van der Waals surface area contributed by atoms with Gasteiger partial charge in [0.05, 0.1) is 11.9 Å². The lowest BCUT2D eigenvalue weighted by Gasteiger charge is -2.35. The van der Waals surface area contributed by atoms with Crippen LogP contribution in [0.2, 0.25) is 0 Å². The summed E-state index contributed by atoms with van der Waals surface area (Å²) >= 11 is 0. The second kappa shape index (κ2) is 5.07. The van der Waals surface area contributed by atoms with E-state index in [1.54, 1.807) is 6.92 Å². The van der Waals surface area contributed by atoms with Gasteiger partial charge in [-0.1, -0.05) is 0 Å². The highest BCUT2D eigenvalue weighted by molar-refractivity contribution is 5.73. The Morgan fingerprint density at radius 1 is 1.32 bits per heavy atom. The molecule has 102 valence electrons. The topological polar surface area (TPSA) is 48.5 Å². The summed E-state index contributed by atoms with van der Waals surface area (Å²) in [7, 11) is 0. The molecule has 0 atom stereocenters. The van der Waals surface area contributed by atoms with Gasteiger partial charge in [0.25, 0.3) is 0 Å². The minimum Gasteiger partial charge on any atom is -0.384 e. The van der Waals surface area contributed by atoms with Crippen LogP contribution in [0, 0.1) is 0 Å². The summed E-state index contributed by atoms with van der Waals surface area (Å²) in [6.07, 6.45) is 4.26. The highest BCUT2D eigenvalue weighted by Gasteiger charge is 2.20. The maximum atomic E-state index is 11.3. The molecule has 5 heteroatoms. The quantitative estimate of drug-likeness (QED) is 0.821.